The molecule has 12 heavy (non-hydrogen) atoms. The Balaban J connectivity index is 2.86. The first-order valence-corrected chi connectivity index (χ1v) is 3.42. The van der Waals surface area contributed by atoms with Crippen LogP contribution < -0.4 is 5.48 Å². The fourth-order valence-corrected chi connectivity index (χ4v) is 1.15. The van der Waals surface area contributed by atoms with Gasteiger partial charge in [0, 0.05) is 7.05 Å². The molecule has 0 amide bonds. The summed E-state index contributed by atoms with van der Waals surface area (Å²) >= 11 is 0. The molecule has 0 radical (unpaired) electrons. The second-order valence-corrected chi connectivity index (χ2v) is 2.76. The van der Waals surface area contributed by atoms with Gasteiger partial charge in [0.1, 0.15) is 11.3 Å². The fraction of sp³-hybridized carbons (Fsp3) is 0.833. The average molecular weight is 182 g/mol. The first-order valence-electron chi connectivity index (χ1n) is 3.42. The highest BCUT2D eigenvalue weighted by Crippen LogP contribution is 2.57. The van der Waals surface area contributed by atoms with E-state index in [-0.39, 0.29) is 12.8 Å². The highest BCUT2D eigenvalue weighted by atomic mass is 19.4. The molecule has 0 spiro atoms. The van der Waals surface area contributed by atoms with Crippen LogP contribution in [-0.2, 0) is 0 Å². The first-order chi connectivity index (χ1) is 5.48. The summed E-state index contributed by atoms with van der Waals surface area (Å²) in [7, 11) is 1.21. The standard InChI is InChI=1S/C6H9F3N2O/c1-10-4(11-12)5(2-3-5)6(7,8)9/h12H,2-3H2,1H3,(H,10,11). The van der Waals surface area contributed by atoms with Crippen molar-refractivity contribution in [2.24, 2.45) is 10.4 Å². The molecule has 3 nitrogen and oxygen atoms in total. The van der Waals surface area contributed by atoms with E-state index in [1.807, 2.05) is 0 Å². The maximum absolute atomic E-state index is 12.3. The van der Waals surface area contributed by atoms with Gasteiger partial charge in [-0.25, -0.2) is 0 Å². The summed E-state index contributed by atoms with van der Waals surface area (Å²) in [5.74, 6) is -0.394. The third-order valence-corrected chi connectivity index (χ3v) is 2.08. The number of hydrogen-bond acceptors (Lipinski definition) is 2. The van der Waals surface area contributed by atoms with Gasteiger partial charge in [0.05, 0.1) is 0 Å². The van der Waals surface area contributed by atoms with Crippen LogP contribution in [0, 0.1) is 5.41 Å². The monoisotopic (exact) mass is 182 g/mol. The van der Waals surface area contributed by atoms with Crippen molar-refractivity contribution in [2.75, 3.05) is 7.05 Å². The van der Waals surface area contributed by atoms with E-state index in [9.17, 15) is 13.2 Å². The second kappa shape index (κ2) is 2.62. The highest BCUT2D eigenvalue weighted by molar-refractivity contribution is 5.90. The van der Waals surface area contributed by atoms with Gasteiger partial charge in [-0.1, -0.05) is 0 Å². The number of halogens is 3. The highest BCUT2D eigenvalue weighted by Gasteiger charge is 2.66. The normalized spacial score (nSPS) is 22.2. The van der Waals surface area contributed by atoms with Gasteiger partial charge in [0.25, 0.3) is 0 Å². The lowest BCUT2D eigenvalue weighted by Gasteiger charge is -2.19. The molecule has 0 saturated heterocycles. The molecule has 2 N–H and O–H groups in total. The average Bonchev–Trinajstić information content (AvgIpc) is 2.69. The molecular weight excluding hydrogens is 173 g/mol. The number of amidine groups is 1. The van der Waals surface area contributed by atoms with Gasteiger partial charge in [-0.3, -0.25) is 15.7 Å². The van der Waals surface area contributed by atoms with E-state index < -0.39 is 17.4 Å². The predicted molar refractivity (Wildman–Crippen MR) is 36.0 cm³/mol. The number of nitrogens with one attached hydrogen (secondary N) is 1. The molecular formula is C6H9F3N2O. The van der Waals surface area contributed by atoms with E-state index in [1.165, 1.54) is 12.5 Å². The lowest BCUT2D eigenvalue weighted by atomic mass is 10.1. The summed E-state index contributed by atoms with van der Waals surface area (Å²) in [6.07, 6.45) is -4.33. The van der Waals surface area contributed by atoms with Gasteiger partial charge < -0.3 is 0 Å². The summed E-state index contributed by atoms with van der Waals surface area (Å²) in [6.45, 7) is 0. The van der Waals surface area contributed by atoms with Crippen LogP contribution in [0.3, 0.4) is 0 Å². The number of nitrogens with zero attached hydrogens (tertiary/aromatic N) is 1. The maximum Gasteiger partial charge on any atom is 0.401 e. The summed E-state index contributed by atoms with van der Waals surface area (Å²) < 4.78 is 36.9. The molecule has 0 heterocycles. The van der Waals surface area contributed by atoms with Gasteiger partial charge in [-0.2, -0.15) is 13.2 Å². The van der Waals surface area contributed by atoms with E-state index in [0.29, 0.717) is 0 Å². The zero-order valence-corrected chi connectivity index (χ0v) is 6.44. The molecule has 0 aliphatic heterocycles. The molecule has 0 bridgehead atoms. The largest absolute Gasteiger partial charge is 0.401 e. The van der Waals surface area contributed by atoms with Crippen molar-refractivity contribution in [3.8, 4) is 0 Å². The van der Waals surface area contributed by atoms with Crippen molar-refractivity contribution in [3.63, 3.8) is 0 Å². The van der Waals surface area contributed by atoms with Gasteiger partial charge in [0.2, 0.25) is 0 Å². The van der Waals surface area contributed by atoms with Gasteiger partial charge in [0.15, 0.2) is 0 Å². The Morgan fingerprint density at radius 2 is 2.00 bits per heavy atom. The van der Waals surface area contributed by atoms with Crippen LogP contribution in [0.4, 0.5) is 13.2 Å². The van der Waals surface area contributed by atoms with Crippen molar-refractivity contribution in [3.05, 3.63) is 0 Å². The van der Waals surface area contributed by atoms with Crippen molar-refractivity contribution < 1.29 is 18.4 Å². The molecule has 0 aromatic carbocycles. The molecule has 1 fully saturated rings. The first kappa shape index (κ1) is 9.31. The quantitative estimate of drug-likeness (QED) is 0.365. The van der Waals surface area contributed by atoms with Crippen LogP contribution in [0.15, 0.2) is 4.99 Å². The third-order valence-electron chi connectivity index (χ3n) is 2.08. The molecule has 1 aliphatic carbocycles. The van der Waals surface area contributed by atoms with Crippen LogP contribution in [0.25, 0.3) is 0 Å². The molecule has 0 unspecified atom stereocenters. The number of rotatable bonds is 1. The number of hydroxylamine groups is 1. The van der Waals surface area contributed by atoms with Crippen molar-refractivity contribution in [1.82, 2.24) is 5.48 Å². The summed E-state index contributed by atoms with van der Waals surface area (Å²) in [6, 6.07) is 0. The topological polar surface area (TPSA) is 44.6 Å². The van der Waals surface area contributed by atoms with E-state index in [1.54, 1.807) is 0 Å². The Labute approximate surface area is 67.2 Å². The number of aliphatic imine (C=N–C) groups is 1. The molecule has 0 aromatic rings. The van der Waals surface area contributed by atoms with Crippen LogP contribution in [0.1, 0.15) is 12.8 Å². The Hall–Kier alpha value is -0.780. The molecule has 70 valence electrons. The molecule has 1 saturated carbocycles. The van der Waals surface area contributed by atoms with Crippen LogP contribution in [-0.4, -0.2) is 24.3 Å². The molecule has 0 aromatic heterocycles. The van der Waals surface area contributed by atoms with E-state index in [4.69, 9.17) is 5.21 Å². The van der Waals surface area contributed by atoms with E-state index in [0.717, 1.165) is 0 Å². The smallest absolute Gasteiger partial charge is 0.290 e. The zero-order chi connectivity index (χ0) is 9.41. The van der Waals surface area contributed by atoms with Crippen molar-refractivity contribution >= 4 is 5.84 Å². The predicted octanol–water partition coefficient (Wildman–Crippen LogP) is 1.34. The molecule has 0 atom stereocenters. The van der Waals surface area contributed by atoms with Crippen LogP contribution >= 0.6 is 0 Å². The minimum absolute atomic E-state index is 0.00324. The van der Waals surface area contributed by atoms with E-state index >= 15 is 0 Å². The Morgan fingerprint density at radius 3 is 2.08 bits per heavy atom. The third kappa shape index (κ3) is 1.16. The Bertz CT molecular complexity index is 207. The van der Waals surface area contributed by atoms with Crippen molar-refractivity contribution in [1.29, 1.82) is 0 Å². The second-order valence-electron chi connectivity index (χ2n) is 2.76. The van der Waals surface area contributed by atoms with Gasteiger partial charge >= 0.3 is 6.18 Å². The molecule has 1 aliphatic rings. The minimum atomic E-state index is -4.32. The molecule has 1 rings (SSSR count). The van der Waals surface area contributed by atoms with Gasteiger partial charge in [-0.05, 0) is 12.8 Å². The summed E-state index contributed by atoms with van der Waals surface area (Å²) in [5.41, 5.74) is -0.415. The fourth-order valence-electron chi connectivity index (χ4n) is 1.15. The lowest BCUT2D eigenvalue weighted by molar-refractivity contribution is -0.167. The van der Waals surface area contributed by atoms with Gasteiger partial charge in [-0.15, -0.1) is 0 Å². The van der Waals surface area contributed by atoms with Crippen LogP contribution in [0.5, 0.6) is 0 Å². The number of alkyl halides is 3. The zero-order valence-electron chi connectivity index (χ0n) is 6.44. The number of hydrogen-bond donors (Lipinski definition) is 2. The Kier molecular flexibility index (Phi) is 2.03. The van der Waals surface area contributed by atoms with Crippen molar-refractivity contribution in [2.45, 2.75) is 19.0 Å². The summed E-state index contributed by atoms with van der Waals surface area (Å²) in [4.78, 5) is 3.34. The van der Waals surface area contributed by atoms with E-state index in [2.05, 4.69) is 4.99 Å². The SMILES string of the molecule is CN=C(NO)C1(C(F)(F)F)CC1. The summed E-state index contributed by atoms with van der Waals surface area (Å²) in [5, 5.41) is 8.38. The minimum Gasteiger partial charge on any atom is -0.290 e. The maximum atomic E-state index is 12.3. The van der Waals surface area contributed by atoms with Crippen LogP contribution in [0.2, 0.25) is 0 Å². The Morgan fingerprint density at radius 1 is 1.50 bits per heavy atom. The molecule has 6 heteroatoms. The lowest BCUT2D eigenvalue weighted by Crippen LogP contribution is -2.40.